The van der Waals surface area contributed by atoms with Gasteiger partial charge >= 0.3 is 11.9 Å². The first-order chi connectivity index (χ1) is 4.95. The Hall–Kier alpha value is -1.10. The molecule has 0 aromatic heterocycles. The van der Waals surface area contributed by atoms with Gasteiger partial charge in [0, 0.05) is 0 Å². The van der Waals surface area contributed by atoms with E-state index >= 15 is 0 Å². The molecular weight excluding hydrogens is 176 g/mol. The van der Waals surface area contributed by atoms with E-state index in [1.54, 1.807) is 0 Å². The summed E-state index contributed by atoms with van der Waals surface area (Å²) in [5, 5.41) is 15.2. The number of hydrogen-bond acceptors (Lipinski definition) is 3. The summed E-state index contributed by atoms with van der Waals surface area (Å²) in [5.74, 6) is -4.53. The first kappa shape index (κ1) is 9.90. The third-order valence-corrected chi connectivity index (χ3v) is 1.21. The summed E-state index contributed by atoms with van der Waals surface area (Å²) in [6.45, 7) is 0. The molecule has 0 aliphatic carbocycles. The van der Waals surface area contributed by atoms with Crippen molar-refractivity contribution in [1.82, 2.24) is 0 Å². The zero-order chi connectivity index (χ0) is 9.02. The van der Waals surface area contributed by atoms with Crippen LogP contribution in [-0.4, -0.2) is 27.4 Å². The molecule has 0 aliphatic heterocycles. The lowest BCUT2D eigenvalue weighted by Crippen LogP contribution is -2.23. The van der Waals surface area contributed by atoms with Gasteiger partial charge in [-0.3, -0.25) is 14.4 Å². The Labute approximate surface area is 66.6 Å². The Kier molecular flexibility index (Phi) is 3.53. The van der Waals surface area contributed by atoms with E-state index in [4.69, 9.17) is 21.8 Å². The van der Waals surface area contributed by atoms with E-state index in [-0.39, 0.29) is 0 Å². The van der Waals surface area contributed by atoms with E-state index in [9.17, 15) is 14.4 Å². The lowest BCUT2D eigenvalue weighted by Gasteiger charge is -2.01. The monoisotopic (exact) mass is 180 g/mol. The maximum absolute atomic E-state index is 10.2. The molecule has 11 heavy (non-hydrogen) atoms. The fourth-order valence-electron chi connectivity index (χ4n) is 0.439. The van der Waals surface area contributed by atoms with Crippen LogP contribution in [0.4, 0.5) is 0 Å². The Morgan fingerprint density at radius 2 is 1.73 bits per heavy atom. The van der Waals surface area contributed by atoms with Gasteiger partial charge in [0.25, 0.3) is 0 Å². The second kappa shape index (κ2) is 3.92. The molecule has 1 atom stereocenters. The molecule has 0 heterocycles. The van der Waals surface area contributed by atoms with Crippen LogP contribution >= 0.6 is 11.6 Å². The number of hydrogen-bond donors (Lipinski definition) is 2. The number of rotatable bonds is 4. The highest BCUT2D eigenvalue weighted by Crippen LogP contribution is 2.07. The molecule has 0 radical (unpaired) electrons. The van der Waals surface area contributed by atoms with Gasteiger partial charge in [0.15, 0.2) is 0 Å². The Balaban J connectivity index is 4.23. The van der Waals surface area contributed by atoms with Crippen molar-refractivity contribution in [2.45, 2.75) is 6.42 Å². The number of carbonyl (C=O) groups excluding carboxylic acids is 1. The molecule has 1 unspecified atom stereocenters. The summed E-state index contributed by atoms with van der Waals surface area (Å²) in [5.41, 5.74) is 0. The van der Waals surface area contributed by atoms with E-state index in [2.05, 4.69) is 0 Å². The zero-order valence-corrected chi connectivity index (χ0v) is 6.04. The molecule has 0 amide bonds. The first-order valence-electron chi connectivity index (χ1n) is 2.59. The van der Waals surface area contributed by atoms with Crippen LogP contribution in [0.15, 0.2) is 0 Å². The van der Waals surface area contributed by atoms with Gasteiger partial charge < -0.3 is 10.2 Å². The van der Waals surface area contributed by atoms with Crippen LogP contribution in [0.5, 0.6) is 0 Å². The Morgan fingerprint density at radius 3 is 1.82 bits per heavy atom. The van der Waals surface area contributed by atoms with Crippen LogP contribution in [0, 0.1) is 5.92 Å². The van der Waals surface area contributed by atoms with E-state index in [0.29, 0.717) is 0 Å². The quantitative estimate of drug-likeness (QED) is 0.467. The minimum Gasteiger partial charge on any atom is -0.481 e. The molecule has 0 aromatic rings. The average Bonchev–Trinajstić information content (AvgIpc) is 1.81. The van der Waals surface area contributed by atoms with E-state index < -0.39 is 29.5 Å². The summed E-state index contributed by atoms with van der Waals surface area (Å²) >= 11 is 4.80. The fourth-order valence-corrected chi connectivity index (χ4v) is 0.610. The summed E-state index contributed by atoms with van der Waals surface area (Å²) in [4.78, 5) is 30.3. The van der Waals surface area contributed by atoms with Gasteiger partial charge in [0.1, 0.15) is 5.92 Å². The van der Waals surface area contributed by atoms with Crippen molar-refractivity contribution < 1.29 is 24.6 Å². The van der Waals surface area contributed by atoms with E-state index in [1.807, 2.05) is 0 Å². The van der Waals surface area contributed by atoms with Gasteiger partial charge in [-0.1, -0.05) is 0 Å². The predicted molar refractivity (Wildman–Crippen MR) is 34.2 cm³/mol. The third kappa shape index (κ3) is 3.57. The second-order valence-corrected chi connectivity index (χ2v) is 2.17. The van der Waals surface area contributed by atoms with Gasteiger partial charge in [-0.15, -0.1) is 0 Å². The second-order valence-electron chi connectivity index (χ2n) is 1.79. The van der Waals surface area contributed by atoms with E-state index in [1.165, 1.54) is 0 Å². The average molecular weight is 181 g/mol. The normalized spacial score (nSPS) is 12.1. The molecular formula is C5H5ClO5. The van der Waals surface area contributed by atoms with Crippen LogP contribution in [0.3, 0.4) is 0 Å². The maximum Gasteiger partial charge on any atom is 0.315 e. The molecule has 0 fully saturated rings. The molecule has 2 N–H and O–H groups in total. The lowest BCUT2D eigenvalue weighted by molar-refractivity contribution is -0.150. The summed E-state index contributed by atoms with van der Waals surface area (Å²) in [6, 6.07) is 0. The van der Waals surface area contributed by atoms with Crippen LogP contribution in [0.25, 0.3) is 0 Å². The number of carbonyl (C=O) groups is 3. The molecule has 62 valence electrons. The van der Waals surface area contributed by atoms with Gasteiger partial charge in [0.05, 0.1) is 6.42 Å². The van der Waals surface area contributed by atoms with Crippen LogP contribution in [-0.2, 0) is 14.4 Å². The van der Waals surface area contributed by atoms with Gasteiger partial charge in [-0.25, -0.2) is 0 Å². The topological polar surface area (TPSA) is 91.7 Å². The van der Waals surface area contributed by atoms with Gasteiger partial charge in [0.2, 0.25) is 5.24 Å². The molecule has 0 saturated heterocycles. The smallest absolute Gasteiger partial charge is 0.315 e. The summed E-state index contributed by atoms with van der Waals surface area (Å²) in [7, 11) is 0. The summed E-state index contributed by atoms with van der Waals surface area (Å²) < 4.78 is 0. The Morgan fingerprint density at radius 1 is 1.27 bits per heavy atom. The third-order valence-electron chi connectivity index (χ3n) is 0.951. The fraction of sp³-hybridized carbons (Fsp3) is 0.400. The maximum atomic E-state index is 10.2. The lowest BCUT2D eigenvalue weighted by atomic mass is 10.1. The SMILES string of the molecule is O=C(O)CC(C(=O)O)C(=O)Cl. The molecule has 0 rings (SSSR count). The Bertz CT molecular complexity index is 185. The standard InChI is InChI=1S/C5H5ClO5/c6-4(9)2(5(10)11)1-3(7)8/h2H,1H2,(H,7,8)(H,10,11). The highest BCUT2D eigenvalue weighted by molar-refractivity contribution is 6.65. The minimum absolute atomic E-state index is 0.780. The largest absolute Gasteiger partial charge is 0.481 e. The van der Waals surface area contributed by atoms with Crippen molar-refractivity contribution >= 4 is 28.8 Å². The molecule has 6 heteroatoms. The highest BCUT2D eigenvalue weighted by Gasteiger charge is 2.27. The van der Waals surface area contributed by atoms with Crippen molar-refractivity contribution in [3.8, 4) is 0 Å². The zero-order valence-electron chi connectivity index (χ0n) is 5.28. The van der Waals surface area contributed by atoms with Crippen LogP contribution < -0.4 is 0 Å². The highest BCUT2D eigenvalue weighted by atomic mass is 35.5. The number of aliphatic carboxylic acids is 2. The first-order valence-corrected chi connectivity index (χ1v) is 2.97. The molecule has 0 bridgehead atoms. The van der Waals surface area contributed by atoms with Gasteiger partial charge in [-0.05, 0) is 11.6 Å². The predicted octanol–water partition coefficient (Wildman–Crippen LogP) is -0.0727. The molecule has 5 nitrogen and oxygen atoms in total. The molecule has 0 aromatic carbocycles. The number of carboxylic acids is 2. The van der Waals surface area contributed by atoms with Crippen molar-refractivity contribution in [2.75, 3.05) is 0 Å². The number of halogens is 1. The van der Waals surface area contributed by atoms with E-state index in [0.717, 1.165) is 0 Å². The van der Waals surface area contributed by atoms with Crippen LogP contribution in [0.1, 0.15) is 6.42 Å². The van der Waals surface area contributed by atoms with Crippen molar-refractivity contribution in [2.24, 2.45) is 5.92 Å². The summed E-state index contributed by atoms with van der Waals surface area (Å²) in [6.07, 6.45) is -0.780. The van der Waals surface area contributed by atoms with Crippen molar-refractivity contribution in [3.63, 3.8) is 0 Å². The van der Waals surface area contributed by atoms with Gasteiger partial charge in [-0.2, -0.15) is 0 Å². The van der Waals surface area contributed by atoms with Crippen molar-refractivity contribution in [3.05, 3.63) is 0 Å². The van der Waals surface area contributed by atoms with Crippen molar-refractivity contribution in [1.29, 1.82) is 0 Å². The molecule has 0 spiro atoms. The molecule has 0 saturated carbocycles. The number of carboxylic acid groups (broad SMARTS) is 2. The van der Waals surface area contributed by atoms with Crippen LogP contribution in [0.2, 0.25) is 0 Å². The molecule has 0 aliphatic rings. The minimum atomic E-state index is -1.64.